The van der Waals surface area contributed by atoms with Gasteiger partial charge in [0.15, 0.2) is 21.3 Å². The SMILES string of the molecule is CCCNC1CCS(=O)(=O)c2cc3c(cc21)OCCO3. The fraction of sp³-hybridized carbons (Fsp3) is 0.571. The number of hydrogen-bond donors (Lipinski definition) is 1. The minimum Gasteiger partial charge on any atom is -0.486 e. The molecule has 0 radical (unpaired) electrons. The van der Waals surface area contributed by atoms with Gasteiger partial charge < -0.3 is 14.8 Å². The molecule has 0 spiro atoms. The molecule has 0 bridgehead atoms. The largest absolute Gasteiger partial charge is 0.486 e. The first-order valence-corrected chi connectivity index (χ1v) is 8.66. The van der Waals surface area contributed by atoms with Crippen molar-refractivity contribution < 1.29 is 17.9 Å². The molecule has 2 aliphatic rings. The summed E-state index contributed by atoms with van der Waals surface area (Å²) in [6, 6.07) is 3.52. The molecule has 1 aromatic carbocycles. The van der Waals surface area contributed by atoms with Crippen LogP contribution in [0.1, 0.15) is 31.4 Å². The van der Waals surface area contributed by atoms with Crippen LogP contribution in [-0.4, -0.2) is 33.9 Å². The average molecular weight is 297 g/mol. The Hall–Kier alpha value is -1.27. The van der Waals surface area contributed by atoms with Gasteiger partial charge in [-0.2, -0.15) is 0 Å². The molecule has 1 unspecified atom stereocenters. The fourth-order valence-electron chi connectivity index (χ4n) is 2.70. The van der Waals surface area contributed by atoms with E-state index in [1.807, 2.05) is 6.07 Å². The molecule has 1 atom stereocenters. The second kappa shape index (κ2) is 5.26. The molecule has 1 N–H and O–H groups in total. The first kappa shape index (κ1) is 13.7. The summed E-state index contributed by atoms with van der Waals surface area (Å²) in [5, 5.41) is 3.41. The molecule has 20 heavy (non-hydrogen) atoms. The molecule has 1 aromatic rings. The maximum absolute atomic E-state index is 12.3. The zero-order valence-electron chi connectivity index (χ0n) is 11.5. The average Bonchev–Trinajstić information content (AvgIpc) is 2.45. The Morgan fingerprint density at radius 2 is 1.95 bits per heavy atom. The van der Waals surface area contributed by atoms with Gasteiger partial charge in [-0.3, -0.25) is 0 Å². The van der Waals surface area contributed by atoms with Gasteiger partial charge in [-0.1, -0.05) is 6.92 Å². The zero-order chi connectivity index (χ0) is 14.2. The Labute approximate surface area is 119 Å². The van der Waals surface area contributed by atoms with Crippen LogP contribution in [0.2, 0.25) is 0 Å². The minimum absolute atomic E-state index is 0.0734. The molecule has 110 valence electrons. The number of ether oxygens (including phenoxy) is 2. The second-order valence-corrected chi connectivity index (χ2v) is 7.23. The van der Waals surface area contributed by atoms with E-state index in [1.54, 1.807) is 6.07 Å². The van der Waals surface area contributed by atoms with Crippen molar-refractivity contribution in [1.82, 2.24) is 5.32 Å². The van der Waals surface area contributed by atoms with Crippen molar-refractivity contribution in [2.45, 2.75) is 30.7 Å². The van der Waals surface area contributed by atoms with Gasteiger partial charge in [-0.25, -0.2) is 8.42 Å². The number of benzene rings is 1. The molecular weight excluding hydrogens is 278 g/mol. The van der Waals surface area contributed by atoms with Crippen molar-refractivity contribution in [2.75, 3.05) is 25.5 Å². The van der Waals surface area contributed by atoms with Crippen molar-refractivity contribution >= 4 is 9.84 Å². The van der Waals surface area contributed by atoms with Crippen LogP contribution in [-0.2, 0) is 9.84 Å². The van der Waals surface area contributed by atoms with Gasteiger partial charge >= 0.3 is 0 Å². The molecule has 0 aromatic heterocycles. The van der Waals surface area contributed by atoms with Crippen molar-refractivity contribution in [1.29, 1.82) is 0 Å². The number of sulfone groups is 1. The summed E-state index contributed by atoms with van der Waals surface area (Å²) in [6.45, 7) is 3.94. The van der Waals surface area contributed by atoms with Crippen LogP contribution < -0.4 is 14.8 Å². The maximum Gasteiger partial charge on any atom is 0.178 e. The lowest BCUT2D eigenvalue weighted by atomic mass is 10.0. The Morgan fingerprint density at radius 1 is 1.25 bits per heavy atom. The lowest BCUT2D eigenvalue weighted by Gasteiger charge is -2.29. The highest BCUT2D eigenvalue weighted by Crippen LogP contribution is 2.41. The van der Waals surface area contributed by atoms with Crippen LogP contribution in [0.3, 0.4) is 0 Å². The molecule has 0 fully saturated rings. The third kappa shape index (κ3) is 2.38. The molecular formula is C14H19NO4S. The molecule has 3 rings (SSSR count). The Morgan fingerprint density at radius 3 is 2.65 bits per heavy atom. The highest BCUT2D eigenvalue weighted by atomic mass is 32.2. The summed E-state index contributed by atoms with van der Waals surface area (Å²) in [7, 11) is -3.21. The van der Waals surface area contributed by atoms with Gasteiger partial charge in [-0.05, 0) is 31.0 Å². The van der Waals surface area contributed by atoms with Gasteiger partial charge in [0.1, 0.15) is 13.2 Å². The molecule has 0 amide bonds. The summed E-state index contributed by atoms with van der Waals surface area (Å²) in [6.07, 6.45) is 1.62. The number of rotatable bonds is 3. The van der Waals surface area contributed by atoms with Crippen molar-refractivity contribution in [2.24, 2.45) is 0 Å². The summed E-state index contributed by atoms with van der Waals surface area (Å²) >= 11 is 0. The minimum atomic E-state index is -3.21. The monoisotopic (exact) mass is 297 g/mol. The first-order chi connectivity index (χ1) is 9.62. The van der Waals surface area contributed by atoms with E-state index < -0.39 is 9.84 Å². The second-order valence-electron chi connectivity index (χ2n) is 5.15. The quantitative estimate of drug-likeness (QED) is 0.919. The molecule has 0 saturated carbocycles. The lowest BCUT2D eigenvalue weighted by Crippen LogP contribution is -2.30. The summed E-state index contributed by atoms with van der Waals surface area (Å²) in [5.74, 6) is 1.37. The van der Waals surface area contributed by atoms with E-state index in [9.17, 15) is 8.42 Å². The van der Waals surface area contributed by atoms with E-state index in [-0.39, 0.29) is 11.8 Å². The van der Waals surface area contributed by atoms with E-state index >= 15 is 0 Å². The Balaban J connectivity index is 2.06. The highest BCUT2D eigenvalue weighted by molar-refractivity contribution is 7.91. The van der Waals surface area contributed by atoms with Crippen LogP contribution in [0.5, 0.6) is 11.5 Å². The molecule has 0 aliphatic carbocycles. The van der Waals surface area contributed by atoms with E-state index in [0.29, 0.717) is 36.0 Å². The van der Waals surface area contributed by atoms with Crippen LogP contribution in [0, 0.1) is 0 Å². The lowest BCUT2D eigenvalue weighted by molar-refractivity contribution is 0.170. The van der Waals surface area contributed by atoms with Crippen LogP contribution in [0.4, 0.5) is 0 Å². The highest BCUT2D eigenvalue weighted by Gasteiger charge is 2.32. The van der Waals surface area contributed by atoms with Gasteiger partial charge in [-0.15, -0.1) is 0 Å². The normalized spacial score (nSPS) is 23.1. The van der Waals surface area contributed by atoms with E-state index in [2.05, 4.69) is 12.2 Å². The number of hydrogen-bond acceptors (Lipinski definition) is 5. The molecule has 2 aliphatic heterocycles. The van der Waals surface area contributed by atoms with Crippen molar-refractivity contribution in [3.05, 3.63) is 17.7 Å². The van der Waals surface area contributed by atoms with Crippen molar-refractivity contribution in [3.8, 4) is 11.5 Å². The van der Waals surface area contributed by atoms with E-state index in [0.717, 1.165) is 18.5 Å². The summed E-state index contributed by atoms with van der Waals surface area (Å²) < 4.78 is 35.6. The number of fused-ring (bicyclic) bond motifs is 2. The van der Waals surface area contributed by atoms with Gasteiger partial charge in [0.25, 0.3) is 0 Å². The fourth-order valence-corrected chi connectivity index (χ4v) is 4.31. The van der Waals surface area contributed by atoms with E-state index in [1.165, 1.54) is 0 Å². The standard InChI is InChI=1S/C14H19NO4S/c1-2-4-15-11-3-7-20(16,17)14-9-13-12(8-10(11)14)18-5-6-19-13/h8-9,11,15H,2-7H2,1H3. The predicted molar refractivity (Wildman–Crippen MR) is 75.1 cm³/mol. The maximum atomic E-state index is 12.3. The van der Waals surface area contributed by atoms with Gasteiger partial charge in [0.2, 0.25) is 0 Å². The van der Waals surface area contributed by atoms with Gasteiger partial charge in [0, 0.05) is 12.1 Å². The molecule has 2 heterocycles. The molecule has 0 saturated heterocycles. The van der Waals surface area contributed by atoms with E-state index in [4.69, 9.17) is 9.47 Å². The first-order valence-electron chi connectivity index (χ1n) is 7.01. The van der Waals surface area contributed by atoms with Crippen LogP contribution >= 0.6 is 0 Å². The summed E-state index contributed by atoms with van der Waals surface area (Å²) in [5.41, 5.74) is 0.814. The predicted octanol–water partition coefficient (Wildman–Crippen LogP) is 1.68. The topological polar surface area (TPSA) is 64.6 Å². The molecule has 5 nitrogen and oxygen atoms in total. The van der Waals surface area contributed by atoms with Crippen LogP contribution in [0.25, 0.3) is 0 Å². The van der Waals surface area contributed by atoms with Crippen molar-refractivity contribution in [3.63, 3.8) is 0 Å². The third-order valence-corrected chi connectivity index (χ3v) is 5.50. The Kier molecular flexibility index (Phi) is 3.60. The van der Waals surface area contributed by atoms with Gasteiger partial charge in [0.05, 0.1) is 10.6 Å². The summed E-state index contributed by atoms with van der Waals surface area (Å²) in [4.78, 5) is 0.390. The van der Waals surface area contributed by atoms with Crippen LogP contribution in [0.15, 0.2) is 17.0 Å². The Bertz CT molecular complexity index is 612. The smallest absolute Gasteiger partial charge is 0.178 e. The third-order valence-electron chi connectivity index (χ3n) is 3.70. The molecule has 6 heteroatoms. The number of nitrogens with one attached hydrogen (secondary N) is 1. The zero-order valence-corrected chi connectivity index (χ0v) is 12.3.